The third kappa shape index (κ3) is 3.38. The van der Waals surface area contributed by atoms with Crippen LogP contribution in [0.5, 0.6) is 0 Å². The van der Waals surface area contributed by atoms with E-state index in [9.17, 15) is 0 Å². The van der Waals surface area contributed by atoms with Gasteiger partial charge in [-0.05, 0) is 6.42 Å². The summed E-state index contributed by atoms with van der Waals surface area (Å²) in [6.45, 7) is 0. The molecule has 0 amide bonds. The predicted molar refractivity (Wildman–Crippen MR) is 38.5 cm³/mol. The molecule has 1 aliphatic carbocycles. The van der Waals surface area contributed by atoms with Crippen LogP contribution in [-0.4, -0.2) is 16.9 Å². The van der Waals surface area contributed by atoms with E-state index in [0.717, 1.165) is 6.42 Å². The maximum absolute atomic E-state index is 5.06. The number of hydrogen-bond donors (Lipinski definition) is 0. The van der Waals surface area contributed by atoms with Gasteiger partial charge in [0.05, 0.1) is 0 Å². The van der Waals surface area contributed by atoms with E-state index in [1.165, 1.54) is 5.20 Å². The maximum atomic E-state index is 5.06. The van der Waals surface area contributed by atoms with Gasteiger partial charge in [-0.1, -0.05) is 23.4 Å². The van der Waals surface area contributed by atoms with Crippen LogP contribution in [0.15, 0.2) is 23.4 Å². The quantitative estimate of drug-likeness (QED) is 0.401. The molecule has 0 saturated carbocycles. The molecule has 0 radical (unpaired) electrons. The molecule has 1 rings (SSSR count). The molecule has 46 valence electrons. The van der Waals surface area contributed by atoms with Crippen LogP contribution in [0, 0.1) is 0 Å². The molecule has 0 saturated heterocycles. The molecule has 3 heteroatoms. The second-order valence-electron chi connectivity index (χ2n) is 1.89. The average Bonchev–Trinajstić information content (AvgIpc) is 2.19. The van der Waals surface area contributed by atoms with Crippen LogP contribution in [0.4, 0.5) is 0 Å². The zero-order valence-electron chi connectivity index (χ0n) is 7.05. The Bertz CT molecular complexity index is 136. The largest absolute Gasteiger partial charge is 1.00 e. The Kier molecular flexibility index (Phi) is 5.84. The zero-order chi connectivity index (χ0) is 5.82. The standard InChI is InChI=1S/C6H10OSi.Na.H/c1-7-8-6-4-2-3-5-6;;/h2-4H,5,8H2,1H3;;/q;+1;-1. The van der Waals surface area contributed by atoms with E-state index in [-0.39, 0.29) is 40.7 Å². The third-order valence-electron chi connectivity index (χ3n) is 1.18. The Morgan fingerprint density at radius 1 is 1.78 bits per heavy atom. The van der Waals surface area contributed by atoms with Crippen LogP contribution in [-0.2, 0) is 4.43 Å². The van der Waals surface area contributed by atoms with Crippen molar-refractivity contribution >= 4 is 9.76 Å². The summed E-state index contributed by atoms with van der Waals surface area (Å²) in [4.78, 5) is 0. The van der Waals surface area contributed by atoms with Crippen LogP contribution >= 0.6 is 0 Å². The fraction of sp³-hybridized carbons (Fsp3) is 0.333. The van der Waals surface area contributed by atoms with Gasteiger partial charge in [0.25, 0.3) is 0 Å². The summed E-state index contributed by atoms with van der Waals surface area (Å²) in [5.74, 6) is 0. The van der Waals surface area contributed by atoms with Gasteiger partial charge >= 0.3 is 29.6 Å². The summed E-state index contributed by atoms with van der Waals surface area (Å²) in [6.07, 6.45) is 7.57. The van der Waals surface area contributed by atoms with Crippen molar-refractivity contribution in [2.24, 2.45) is 0 Å². The van der Waals surface area contributed by atoms with Gasteiger partial charge in [-0.3, -0.25) is 0 Å². The Labute approximate surface area is 81.9 Å². The van der Waals surface area contributed by atoms with Crippen molar-refractivity contribution in [1.82, 2.24) is 0 Å². The maximum Gasteiger partial charge on any atom is 1.00 e. The average molecular weight is 150 g/mol. The minimum Gasteiger partial charge on any atom is -1.00 e. The Morgan fingerprint density at radius 2 is 2.56 bits per heavy atom. The molecule has 0 bridgehead atoms. The molecular formula is C6H11NaOSi. The van der Waals surface area contributed by atoms with Gasteiger partial charge in [0.15, 0.2) is 9.76 Å². The van der Waals surface area contributed by atoms with Crippen molar-refractivity contribution < 1.29 is 35.4 Å². The summed E-state index contributed by atoms with van der Waals surface area (Å²) >= 11 is 0. The van der Waals surface area contributed by atoms with Crippen LogP contribution < -0.4 is 29.6 Å². The fourth-order valence-electron chi connectivity index (χ4n) is 0.784. The van der Waals surface area contributed by atoms with Crippen molar-refractivity contribution in [3.05, 3.63) is 23.4 Å². The van der Waals surface area contributed by atoms with E-state index in [4.69, 9.17) is 4.43 Å². The predicted octanol–water partition coefficient (Wildman–Crippen LogP) is -2.32. The van der Waals surface area contributed by atoms with Crippen molar-refractivity contribution in [3.8, 4) is 0 Å². The first-order valence-corrected chi connectivity index (χ1v) is 4.05. The zero-order valence-corrected chi connectivity index (χ0v) is 9.47. The number of rotatable bonds is 2. The van der Waals surface area contributed by atoms with Gasteiger partial charge < -0.3 is 5.85 Å². The molecular weight excluding hydrogens is 139 g/mol. The molecule has 0 unspecified atom stereocenters. The Balaban J connectivity index is 0. The Morgan fingerprint density at radius 3 is 3.00 bits per heavy atom. The minimum atomic E-state index is -0.303. The number of allylic oxidation sites excluding steroid dienone is 4. The smallest absolute Gasteiger partial charge is 1.00 e. The first-order chi connectivity index (χ1) is 3.93. The monoisotopic (exact) mass is 150 g/mol. The second kappa shape index (κ2) is 5.44. The Hall–Kier alpha value is 0.657. The summed E-state index contributed by atoms with van der Waals surface area (Å²) in [7, 11) is 1.48. The SMILES string of the molecule is CO[SiH2]C1=CC=CC1.[H-].[Na+]. The molecule has 0 fully saturated rings. The fourth-order valence-corrected chi connectivity index (χ4v) is 1.67. The van der Waals surface area contributed by atoms with Gasteiger partial charge in [0.2, 0.25) is 0 Å². The normalized spacial score (nSPS) is 16.3. The molecule has 0 N–H and O–H groups in total. The molecule has 0 aromatic heterocycles. The van der Waals surface area contributed by atoms with Crippen LogP contribution in [0.2, 0.25) is 0 Å². The summed E-state index contributed by atoms with van der Waals surface area (Å²) in [6, 6.07) is 0. The van der Waals surface area contributed by atoms with E-state index in [2.05, 4.69) is 18.2 Å². The molecule has 0 aromatic rings. The van der Waals surface area contributed by atoms with E-state index < -0.39 is 0 Å². The van der Waals surface area contributed by atoms with Crippen LogP contribution in [0.25, 0.3) is 0 Å². The van der Waals surface area contributed by atoms with Crippen LogP contribution in [0.1, 0.15) is 7.85 Å². The van der Waals surface area contributed by atoms with Crippen molar-refractivity contribution in [2.45, 2.75) is 6.42 Å². The van der Waals surface area contributed by atoms with E-state index in [1.54, 1.807) is 7.11 Å². The molecule has 1 nitrogen and oxygen atoms in total. The molecule has 0 aromatic carbocycles. The van der Waals surface area contributed by atoms with Gasteiger partial charge in [-0.2, -0.15) is 0 Å². The topological polar surface area (TPSA) is 9.23 Å². The molecule has 0 spiro atoms. The summed E-state index contributed by atoms with van der Waals surface area (Å²) in [5.41, 5.74) is 0. The van der Waals surface area contributed by atoms with Gasteiger partial charge in [-0.15, -0.1) is 0 Å². The first-order valence-electron chi connectivity index (χ1n) is 2.77. The van der Waals surface area contributed by atoms with E-state index in [0.29, 0.717) is 0 Å². The third-order valence-corrected chi connectivity index (χ3v) is 2.36. The molecule has 1 aliphatic rings. The molecule has 0 aliphatic heterocycles. The van der Waals surface area contributed by atoms with E-state index in [1.807, 2.05) is 0 Å². The van der Waals surface area contributed by atoms with Crippen LogP contribution in [0.3, 0.4) is 0 Å². The molecule has 9 heavy (non-hydrogen) atoms. The van der Waals surface area contributed by atoms with Crippen molar-refractivity contribution in [3.63, 3.8) is 0 Å². The molecule has 0 atom stereocenters. The molecule has 0 heterocycles. The second-order valence-corrected chi connectivity index (χ2v) is 3.66. The first kappa shape index (κ1) is 9.66. The summed E-state index contributed by atoms with van der Waals surface area (Å²) in [5, 5.41) is 1.51. The van der Waals surface area contributed by atoms with Gasteiger partial charge in [-0.25, -0.2) is 0 Å². The minimum absolute atomic E-state index is 0. The van der Waals surface area contributed by atoms with Gasteiger partial charge in [0, 0.05) is 7.11 Å². The van der Waals surface area contributed by atoms with Crippen molar-refractivity contribution in [2.75, 3.05) is 7.11 Å². The summed E-state index contributed by atoms with van der Waals surface area (Å²) < 4.78 is 5.06. The van der Waals surface area contributed by atoms with Crippen molar-refractivity contribution in [1.29, 1.82) is 0 Å². The van der Waals surface area contributed by atoms with E-state index >= 15 is 0 Å². The number of hydrogen-bond acceptors (Lipinski definition) is 1. The van der Waals surface area contributed by atoms with Gasteiger partial charge in [0.1, 0.15) is 0 Å².